The number of carbonyl (C=O) groups excluding carboxylic acids is 2. The van der Waals surface area contributed by atoms with E-state index in [1.54, 1.807) is 20.8 Å². The molecule has 2 aliphatic heterocycles. The summed E-state index contributed by atoms with van der Waals surface area (Å²) in [5.41, 5.74) is -0.477. The average Bonchev–Trinajstić information content (AvgIpc) is 3.01. The van der Waals surface area contributed by atoms with Gasteiger partial charge in [-0.2, -0.15) is 0 Å². The largest absolute Gasteiger partial charge is 0.327 e. The number of amides is 1. The summed E-state index contributed by atoms with van der Waals surface area (Å²) in [6.45, 7) is 5.36. The van der Waals surface area contributed by atoms with Gasteiger partial charge in [-0.3, -0.25) is 19.3 Å². The second-order valence-corrected chi connectivity index (χ2v) is 14.6. The second-order valence-electron chi connectivity index (χ2n) is 10.2. The molecular weight excluding hydrogens is 545 g/mol. The molecule has 13 heteroatoms. The van der Waals surface area contributed by atoms with Crippen LogP contribution in [0.5, 0.6) is 0 Å². The Kier molecular flexibility index (Phi) is 6.75. The summed E-state index contributed by atoms with van der Waals surface area (Å²) in [4.78, 5) is 32.7. The molecule has 0 bridgehead atoms. The van der Waals surface area contributed by atoms with Crippen molar-refractivity contribution in [3.63, 3.8) is 0 Å². The Morgan fingerprint density at radius 1 is 1.11 bits per heavy atom. The third-order valence-electron chi connectivity index (χ3n) is 6.10. The van der Waals surface area contributed by atoms with Crippen LogP contribution in [0.15, 0.2) is 52.4 Å². The van der Waals surface area contributed by atoms with Crippen molar-refractivity contribution < 1.29 is 30.8 Å². The quantitative estimate of drug-likeness (QED) is 0.434. The van der Waals surface area contributed by atoms with Crippen LogP contribution in [0.3, 0.4) is 0 Å². The third-order valence-corrected chi connectivity index (χ3v) is 9.36. The molecule has 0 spiro atoms. The molecule has 2 aromatic rings. The lowest BCUT2D eigenvalue weighted by molar-refractivity contribution is -0.132. The second kappa shape index (κ2) is 9.17. The van der Waals surface area contributed by atoms with Gasteiger partial charge in [-0.05, 0) is 41.3 Å². The molecule has 2 heterocycles. The monoisotopic (exact) mass is 569 g/mol. The van der Waals surface area contributed by atoms with Crippen molar-refractivity contribution in [1.82, 2.24) is 4.90 Å². The van der Waals surface area contributed by atoms with Crippen molar-refractivity contribution in [2.75, 3.05) is 11.0 Å². The number of halogens is 2. The minimum atomic E-state index is -4.33. The first-order valence-corrected chi connectivity index (χ1v) is 15.0. The summed E-state index contributed by atoms with van der Waals surface area (Å²) in [7, 11) is -8.01. The molecular formula is C24H25ClFN3O6S2. The lowest BCUT2D eigenvalue weighted by Gasteiger charge is -2.33. The number of benzene rings is 2. The van der Waals surface area contributed by atoms with E-state index in [4.69, 9.17) is 11.6 Å². The minimum absolute atomic E-state index is 0.00127. The highest BCUT2D eigenvalue weighted by atomic mass is 35.5. The highest BCUT2D eigenvalue weighted by molar-refractivity contribution is 7.94. The fourth-order valence-electron chi connectivity index (χ4n) is 4.62. The topological polar surface area (TPSA) is 130 Å². The number of likely N-dealkylation sites (tertiary alicyclic amines) is 1. The van der Waals surface area contributed by atoms with Crippen LogP contribution in [-0.4, -0.2) is 56.1 Å². The molecule has 2 aromatic carbocycles. The number of nitrogens with zero attached hydrogens (tertiary/aromatic N) is 2. The lowest BCUT2D eigenvalue weighted by Crippen LogP contribution is -2.44. The van der Waals surface area contributed by atoms with E-state index in [1.807, 2.05) is 0 Å². The van der Waals surface area contributed by atoms with Gasteiger partial charge in [-0.25, -0.2) is 21.2 Å². The van der Waals surface area contributed by atoms with E-state index in [1.165, 1.54) is 41.3 Å². The van der Waals surface area contributed by atoms with Gasteiger partial charge in [0.25, 0.3) is 0 Å². The smallest absolute Gasteiger partial charge is 0.240 e. The number of ketones is 1. The van der Waals surface area contributed by atoms with Crippen LogP contribution in [0.4, 0.5) is 15.8 Å². The van der Waals surface area contributed by atoms with E-state index in [-0.39, 0.29) is 28.5 Å². The normalized spacial score (nSPS) is 23.6. The van der Waals surface area contributed by atoms with E-state index in [0.29, 0.717) is 5.56 Å². The van der Waals surface area contributed by atoms with E-state index in [0.717, 1.165) is 12.3 Å². The number of fused-ring (bicyclic) bond motifs is 1. The van der Waals surface area contributed by atoms with Gasteiger partial charge in [0.1, 0.15) is 11.7 Å². The summed E-state index contributed by atoms with van der Waals surface area (Å²) < 4.78 is 63.6. The maximum absolute atomic E-state index is 13.7. The van der Waals surface area contributed by atoms with Gasteiger partial charge in [-0.1, -0.05) is 44.5 Å². The van der Waals surface area contributed by atoms with Crippen molar-refractivity contribution in [2.45, 2.75) is 43.0 Å². The summed E-state index contributed by atoms with van der Waals surface area (Å²) in [5, 5.41) is 0. The number of Topliss-reactive ketones (excluding diaryl/α,β-unsaturated/α-hetero) is 1. The Bertz CT molecular complexity index is 1530. The number of anilines is 1. The maximum Gasteiger partial charge on any atom is 0.240 e. The van der Waals surface area contributed by atoms with Gasteiger partial charge in [0, 0.05) is 12.2 Å². The zero-order valence-electron chi connectivity index (χ0n) is 20.4. The Balaban J connectivity index is 1.79. The van der Waals surface area contributed by atoms with Crippen molar-refractivity contribution in [3.05, 3.63) is 53.8 Å². The Labute approximate surface area is 219 Å². The molecule has 1 saturated heterocycles. The van der Waals surface area contributed by atoms with Gasteiger partial charge in [0.05, 0.1) is 28.6 Å². The van der Waals surface area contributed by atoms with Crippen LogP contribution in [0, 0.1) is 17.2 Å². The number of aliphatic imine (C=N–C) groups is 1. The zero-order chi connectivity index (χ0) is 27.5. The number of sulfone groups is 1. The molecule has 9 nitrogen and oxygen atoms in total. The van der Waals surface area contributed by atoms with E-state index < -0.39 is 59.5 Å². The highest BCUT2D eigenvalue weighted by Gasteiger charge is 2.56. The first-order valence-electron chi connectivity index (χ1n) is 11.2. The standard InChI is InChI=1S/C24H25ClFN3O6S2/c1-24(2,3)21-20(30)18(23(31)29(21)12-13-5-7-14(26)8-6-13)19-22(25)37(34,35)17-11-15(28-36(4,32)33)9-10-16(17)27-19/h5-11,18,21-22,28H,12H2,1-4H3/t18?,21-,22?/m1/s1. The van der Waals surface area contributed by atoms with Crippen molar-refractivity contribution in [1.29, 1.82) is 0 Å². The minimum Gasteiger partial charge on any atom is -0.327 e. The number of sulfonamides is 1. The molecule has 3 atom stereocenters. The summed E-state index contributed by atoms with van der Waals surface area (Å²) in [5.74, 6) is -3.15. The van der Waals surface area contributed by atoms with Gasteiger partial charge in [0.15, 0.2) is 10.5 Å². The van der Waals surface area contributed by atoms with Gasteiger partial charge >= 0.3 is 0 Å². The number of hydrogen-bond acceptors (Lipinski definition) is 7. The van der Waals surface area contributed by atoms with Crippen molar-refractivity contribution >= 4 is 60.2 Å². The van der Waals surface area contributed by atoms with Crippen LogP contribution in [0.2, 0.25) is 0 Å². The molecule has 37 heavy (non-hydrogen) atoms. The van der Waals surface area contributed by atoms with Crippen LogP contribution in [0.1, 0.15) is 26.3 Å². The molecule has 0 saturated carbocycles. The van der Waals surface area contributed by atoms with Gasteiger partial charge in [-0.15, -0.1) is 0 Å². The van der Waals surface area contributed by atoms with Crippen molar-refractivity contribution in [2.24, 2.45) is 16.3 Å². The summed E-state index contributed by atoms with van der Waals surface area (Å²) >= 11 is 6.36. The molecule has 1 amide bonds. The first-order chi connectivity index (χ1) is 17.0. The molecule has 0 aliphatic carbocycles. The molecule has 198 valence electrons. The fraction of sp³-hybridized carbons (Fsp3) is 0.375. The predicted molar refractivity (Wildman–Crippen MR) is 138 cm³/mol. The highest BCUT2D eigenvalue weighted by Crippen LogP contribution is 2.42. The first kappa shape index (κ1) is 27.2. The van der Waals surface area contributed by atoms with Crippen LogP contribution < -0.4 is 4.72 Å². The molecule has 1 N–H and O–H groups in total. The van der Waals surface area contributed by atoms with Gasteiger partial charge < -0.3 is 4.90 Å². The van der Waals surface area contributed by atoms with Crippen LogP contribution >= 0.6 is 11.6 Å². The summed E-state index contributed by atoms with van der Waals surface area (Å²) in [6, 6.07) is 8.30. The number of carbonyl (C=O) groups is 2. The average molecular weight is 570 g/mol. The van der Waals surface area contributed by atoms with E-state index >= 15 is 0 Å². The Morgan fingerprint density at radius 3 is 2.30 bits per heavy atom. The Hall–Kier alpha value is -2.83. The lowest BCUT2D eigenvalue weighted by atomic mass is 9.82. The fourth-order valence-corrected chi connectivity index (χ4v) is 7.06. The molecule has 2 unspecified atom stereocenters. The summed E-state index contributed by atoms with van der Waals surface area (Å²) in [6.07, 6.45) is 0.919. The van der Waals surface area contributed by atoms with Crippen LogP contribution in [0.25, 0.3) is 0 Å². The maximum atomic E-state index is 13.7. The van der Waals surface area contributed by atoms with Crippen LogP contribution in [-0.2, 0) is 36.0 Å². The zero-order valence-corrected chi connectivity index (χ0v) is 22.8. The molecule has 2 aliphatic rings. The molecule has 0 radical (unpaired) electrons. The number of alkyl halides is 1. The third kappa shape index (κ3) is 5.14. The predicted octanol–water partition coefficient (Wildman–Crippen LogP) is 3.26. The molecule has 1 fully saturated rings. The van der Waals surface area contributed by atoms with E-state index in [2.05, 4.69) is 9.71 Å². The molecule has 4 rings (SSSR count). The number of rotatable bonds is 5. The Morgan fingerprint density at radius 2 is 1.73 bits per heavy atom. The van der Waals surface area contributed by atoms with Crippen molar-refractivity contribution in [3.8, 4) is 0 Å². The molecule has 0 aromatic heterocycles. The number of hydrogen-bond donors (Lipinski definition) is 1. The number of nitrogens with one attached hydrogen (secondary N) is 1. The van der Waals surface area contributed by atoms with Gasteiger partial charge in [0.2, 0.25) is 25.8 Å². The van der Waals surface area contributed by atoms with E-state index in [9.17, 15) is 30.8 Å². The SMILES string of the molecule is CC(C)(C)[C@H]1C(=O)C(C2=Nc3ccc(NS(C)(=O)=O)cc3S(=O)(=O)C2Cl)C(=O)N1Cc1ccc(F)cc1.